The minimum absolute atomic E-state index is 0.0347. The van der Waals surface area contributed by atoms with Gasteiger partial charge in [0, 0.05) is 0 Å². The predicted molar refractivity (Wildman–Crippen MR) is 66.3 cm³/mol. The summed E-state index contributed by atoms with van der Waals surface area (Å²) in [4.78, 5) is 23.1. The van der Waals surface area contributed by atoms with Crippen molar-refractivity contribution in [2.45, 2.75) is 5.92 Å². The first-order valence-electron chi connectivity index (χ1n) is 5.51. The molecule has 1 amide bonds. The van der Waals surface area contributed by atoms with Crippen LogP contribution in [0.5, 0.6) is 0 Å². The lowest BCUT2D eigenvalue weighted by Gasteiger charge is -2.15. The van der Waals surface area contributed by atoms with Crippen LogP contribution in [0.25, 0.3) is 0 Å². The second-order valence-corrected chi connectivity index (χ2v) is 3.85. The molecule has 0 saturated carbocycles. The van der Waals surface area contributed by atoms with Crippen LogP contribution in [0.15, 0.2) is 47.1 Å². The first kappa shape index (κ1) is 12.8. The van der Waals surface area contributed by atoms with Gasteiger partial charge in [-0.05, 0) is 23.8 Å². The van der Waals surface area contributed by atoms with E-state index in [1.807, 2.05) is 5.43 Å². The highest BCUT2D eigenvalue weighted by atomic mass is 16.4. The van der Waals surface area contributed by atoms with Gasteiger partial charge in [-0.3, -0.25) is 10.2 Å². The number of aromatic carboxylic acids is 1. The van der Waals surface area contributed by atoms with Crippen molar-refractivity contribution >= 4 is 11.9 Å². The summed E-state index contributed by atoms with van der Waals surface area (Å²) in [6, 6.07) is 9.45. The summed E-state index contributed by atoms with van der Waals surface area (Å²) in [6.07, 6.45) is 1.41. The average molecular weight is 260 g/mol. The van der Waals surface area contributed by atoms with Crippen LogP contribution in [-0.2, 0) is 4.79 Å². The molecule has 98 valence electrons. The van der Waals surface area contributed by atoms with Gasteiger partial charge in [-0.15, -0.1) is 0 Å². The normalized spacial score (nSPS) is 11.8. The van der Waals surface area contributed by atoms with Crippen molar-refractivity contribution in [2.24, 2.45) is 5.84 Å². The molecule has 19 heavy (non-hydrogen) atoms. The number of furan rings is 1. The number of carbonyl (C=O) groups excluding carboxylic acids is 1. The van der Waals surface area contributed by atoms with Gasteiger partial charge in [0.05, 0.1) is 11.8 Å². The van der Waals surface area contributed by atoms with E-state index in [4.69, 9.17) is 10.3 Å². The summed E-state index contributed by atoms with van der Waals surface area (Å²) in [7, 11) is 0. The van der Waals surface area contributed by atoms with Crippen LogP contribution in [0.3, 0.4) is 0 Å². The Morgan fingerprint density at radius 1 is 1.21 bits per heavy atom. The third-order valence-corrected chi connectivity index (χ3v) is 2.73. The molecule has 6 nitrogen and oxygen atoms in total. The standard InChI is InChI=1S/C13H12N2O4/c14-15-12(16)11(10-6-3-7-19-10)8-4-1-2-5-9(8)13(17)18/h1-7,11H,14H2,(H,15,16)(H,17,18). The van der Waals surface area contributed by atoms with Gasteiger partial charge in [-0.25, -0.2) is 10.6 Å². The molecule has 0 aliphatic heterocycles. The highest BCUT2D eigenvalue weighted by Crippen LogP contribution is 2.28. The highest BCUT2D eigenvalue weighted by Gasteiger charge is 2.28. The summed E-state index contributed by atoms with van der Waals surface area (Å²) < 4.78 is 5.20. The van der Waals surface area contributed by atoms with E-state index in [0.29, 0.717) is 11.3 Å². The Balaban J connectivity index is 2.57. The minimum Gasteiger partial charge on any atom is -0.478 e. The van der Waals surface area contributed by atoms with E-state index in [1.165, 1.54) is 12.3 Å². The van der Waals surface area contributed by atoms with Crippen molar-refractivity contribution in [3.63, 3.8) is 0 Å². The summed E-state index contributed by atoms with van der Waals surface area (Å²) in [5.74, 6) is 2.94. The fourth-order valence-corrected chi connectivity index (χ4v) is 1.91. The summed E-state index contributed by atoms with van der Waals surface area (Å²) >= 11 is 0. The zero-order chi connectivity index (χ0) is 13.8. The van der Waals surface area contributed by atoms with Crippen molar-refractivity contribution < 1.29 is 19.1 Å². The first-order valence-corrected chi connectivity index (χ1v) is 5.51. The first-order chi connectivity index (χ1) is 9.15. The molecular formula is C13H12N2O4. The third-order valence-electron chi connectivity index (χ3n) is 2.73. The number of benzene rings is 1. The third kappa shape index (κ3) is 2.48. The van der Waals surface area contributed by atoms with E-state index in [9.17, 15) is 14.7 Å². The largest absolute Gasteiger partial charge is 0.478 e. The lowest BCUT2D eigenvalue weighted by Crippen LogP contribution is -2.35. The van der Waals surface area contributed by atoms with Gasteiger partial charge in [-0.1, -0.05) is 18.2 Å². The molecule has 2 rings (SSSR count). The maximum atomic E-state index is 11.9. The number of carboxylic acids is 1. The maximum absolute atomic E-state index is 11.9. The smallest absolute Gasteiger partial charge is 0.336 e. The van der Waals surface area contributed by atoms with Crippen LogP contribution in [0.4, 0.5) is 0 Å². The van der Waals surface area contributed by atoms with Crippen molar-refractivity contribution in [3.8, 4) is 0 Å². The van der Waals surface area contributed by atoms with E-state index >= 15 is 0 Å². The Hall–Kier alpha value is -2.60. The van der Waals surface area contributed by atoms with Gasteiger partial charge >= 0.3 is 5.97 Å². The topological polar surface area (TPSA) is 106 Å². The van der Waals surface area contributed by atoms with Crippen LogP contribution in [-0.4, -0.2) is 17.0 Å². The van der Waals surface area contributed by atoms with E-state index in [-0.39, 0.29) is 5.56 Å². The number of hydrogen-bond donors (Lipinski definition) is 3. The van der Waals surface area contributed by atoms with Crippen LogP contribution in [0, 0.1) is 0 Å². The van der Waals surface area contributed by atoms with Crippen molar-refractivity contribution in [3.05, 3.63) is 59.5 Å². The van der Waals surface area contributed by atoms with Gasteiger partial charge in [0.25, 0.3) is 0 Å². The molecule has 0 saturated heterocycles. The molecule has 1 atom stereocenters. The summed E-state index contributed by atoms with van der Waals surface area (Å²) in [5, 5.41) is 9.17. The molecule has 0 radical (unpaired) electrons. The number of carboxylic acid groups (broad SMARTS) is 1. The molecule has 0 aliphatic carbocycles. The highest BCUT2D eigenvalue weighted by molar-refractivity contribution is 5.94. The van der Waals surface area contributed by atoms with Crippen molar-refractivity contribution in [1.82, 2.24) is 5.43 Å². The summed E-state index contributed by atoms with van der Waals surface area (Å²) in [5.41, 5.74) is 2.39. The molecule has 1 unspecified atom stereocenters. The molecule has 0 spiro atoms. The second-order valence-electron chi connectivity index (χ2n) is 3.85. The number of nitrogens with two attached hydrogens (primary N) is 1. The maximum Gasteiger partial charge on any atom is 0.336 e. The quantitative estimate of drug-likeness (QED) is 0.433. The van der Waals surface area contributed by atoms with Gasteiger partial charge in [0.2, 0.25) is 5.91 Å². The number of amides is 1. The Kier molecular flexibility index (Phi) is 3.63. The molecule has 1 aromatic carbocycles. The molecule has 1 aromatic heterocycles. The van der Waals surface area contributed by atoms with E-state index < -0.39 is 17.8 Å². The van der Waals surface area contributed by atoms with E-state index in [1.54, 1.807) is 30.3 Å². The average Bonchev–Trinajstić information content (AvgIpc) is 2.93. The van der Waals surface area contributed by atoms with Gasteiger partial charge in [0.1, 0.15) is 11.7 Å². The van der Waals surface area contributed by atoms with Crippen LogP contribution in [0.2, 0.25) is 0 Å². The molecule has 2 aromatic rings. The zero-order valence-electron chi connectivity index (χ0n) is 9.87. The zero-order valence-corrected chi connectivity index (χ0v) is 9.87. The Labute approximate surface area is 108 Å². The number of carbonyl (C=O) groups is 2. The van der Waals surface area contributed by atoms with E-state index in [0.717, 1.165) is 0 Å². The summed E-state index contributed by atoms with van der Waals surface area (Å²) in [6.45, 7) is 0. The Bertz CT molecular complexity index is 592. The molecular weight excluding hydrogens is 248 g/mol. The fourth-order valence-electron chi connectivity index (χ4n) is 1.91. The fraction of sp³-hybridized carbons (Fsp3) is 0.0769. The van der Waals surface area contributed by atoms with Crippen molar-refractivity contribution in [2.75, 3.05) is 0 Å². The van der Waals surface area contributed by atoms with Gasteiger partial charge in [0.15, 0.2) is 0 Å². The molecule has 0 bridgehead atoms. The Morgan fingerprint density at radius 2 is 1.95 bits per heavy atom. The minimum atomic E-state index is -1.11. The lowest BCUT2D eigenvalue weighted by atomic mass is 9.91. The SMILES string of the molecule is NNC(=O)C(c1ccco1)c1ccccc1C(=O)O. The molecule has 0 aliphatic rings. The number of nitrogens with one attached hydrogen (secondary N) is 1. The number of rotatable bonds is 4. The van der Waals surface area contributed by atoms with Gasteiger partial charge in [-0.2, -0.15) is 0 Å². The van der Waals surface area contributed by atoms with Crippen LogP contribution in [0.1, 0.15) is 27.6 Å². The number of hydrogen-bond acceptors (Lipinski definition) is 4. The lowest BCUT2D eigenvalue weighted by molar-refractivity contribution is -0.122. The number of hydrazine groups is 1. The molecule has 4 N–H and O–H groups in total. The molecule has 0 fully saturated rings. The Morgan fingerprint density at radius 3 is 2.53 bits per heavy atom. The predicted octanol–water partition coefficient (Wildman–Crippen LogP) is 1.10. The van der Waals surface area contributed by atoms with Crippen molar-refractivity contribution in [1.29, 1.82) is 0 Å². The van der Waals surface area contributed by atoms with Gasteiger partial charge < -0.3 is 9.52 Å². The second kappa shape index (κ2) is 5.36. The van der Waals surface area contributed by atoms with Crippen LogP contribution < -0.4 is 11.3 Å². The monoisotopic (exact) mass is 260 g/mol. The molecule has 1 heterocycles. The van der Waals surface area contributed by atoms with Crippen LogP contribution >= 0.6 is 0 Å². The van der Waals surface area contributed by atoms with E-state index in [2.05, 4.69) is 0 Å². The molecule has 6 heteroatoms.